The van der Waals surface area contributed by atoms with E-state index in [9.17, 15) is 13.2 Å². The van der Waals surface area contributed by atoms with Crippen molar-refractivity contribution in [3.8, 4) is 5.75 Å². The van der Waals surface area contributed by atoms with Crippen molar-refractivity contribution >= 4 is 21.6 Å². The van der Waals surface area contributed by atoms with Gasteiger partial charge >= 0.3 is 0 Å². The summed E-state index contributed by atoms with van der Waals surface area (Å²) in [5.41, 5.74) is 4.69. The van der Waals surface area contributed by atoms with Gasteiger partial charge in [-0.2, -0.15) is 0 Å². The highest BCUT2D eigenvalue weighted by molar-refractivity contribution is 7.92. The van der Waals surface area contributed by atoms with Gasteiger partial charge in [0, 0.05) is 0 Å². The Hall–Kier alpha value is -2.54. The Morgan fingerprint density at radius 3 is 2.31 bits per heavy atom. The van der Waals surface area contributed by atoms with Crippen LogP contribution in [-0.2, 0) is 14.8 Å². The largest absolute Gasteiger partial charge is 0.491 e. The van der Waals surface area contributed by atoms with Gasteiger partial charge in [-0.1, -0.05) is 23.8 Å². The summed E-state index contributed by atoms with van der Waals surface area (Å²) in [4.78, 5) is 12.6. The molecule has 0 aliphatic carbocycles. The number of aryl methyl sites for hydroxylation is 4. The van der Waals surface area contributed by atoms with Crippen molar-refractivity contribution in [2.24, 2.45) is 0 Å². The number of rotatable bonds is 8. The topological polar surface area (TPSA) is 75.7 Å². The van der Waals surface area contributed by atoms with E-state index in [1.807, 2.05) is 52.0 Å². The second kappa shape index (κ2) is 9.31. The van der Waals surface area contributed by atoms with Gasteiger partial charge in [0.15, 0.2) is 0 Å². The molecule has 0 saturated carbocycles. The molecule has 0 aromatic heterocycles. The molecular formula is C22H30N2O4S. The van der Waals surface area contributed by atoms with Gasteiger partial charge in [0.25, 0.3) is 0 Å². The highest BCUT2D eigenvalue weighted by Crippen LogP contribution is 2.24. The third-order valence-electron chi connectivity index (χ3n) is 4.82. The fourth-order valence-electron chi connectivity index (χ4n) is 3.12. The molecule has 0 saturated heterocycles. The first-order chi connectivity index (χ1) is 13.5. The third kappa shape index (κ3) is 5.97. The number of sulfonamides is 1. The average molecular weight is 419 g/mol. The maximum Gasteiger partial charge on any atom is 0.243 e. The van der Waals surface area contributed by atoms with E-state index in [2.05, 4.69) is 5.32 Å². The Kier molecular flexibility index (Phi) is 7.30. The summed E-state index contributed by atoms with van der Waals surface area (Å²) < 4.78 is 31.6. The van der Waals surface area contributed by atoms with Gasteiger partial charge in [0.1, 0.15) is 18.4 Å². The lowest BCUT2D eigenvalue weighted by Crippen LogP contribution is -2.48. The number of nitrogens with zero attached hydrogens (tertiary/aromatic N) is 1. The van der Waals surface area contributed by atoms with E-state index in [1.165, 1.54) is 0 Å². The molecule has 29 heavy (non-hydrogen) atoms. The summed E-state index contributed by atoms with van der Waals surface area (Å²) in [5.74, 6) is 0.392. The predicted octanol–water partition coefficient (Wildman–Crippen LogP) is 3.27. The standard InChI is InChI=1S/C22H30N2O4S/c1-15-7-10-21(18(4)13-15)28-12-11-23-22(25)19(5)24(29(6,26)27)20-9-8-16(2)17(3)14-20/h7-10,13-14,19H,11-12H2,1-6H3,(H,23,25)/t19-/m1/s1. The second-order valence-electron chi connectivity index (χ2n) is 7.41. The van der Waals surface area contributed by atoms with Crippen molar-refractivity contribution in [3.05, 3.63) is 58.7 Å². The Morgan fingerprint density at radius 1 is 1.03 bits per heavy atom. The molecule has 2 aromatic rings. The van der Waals surface area contributed by atoms with Gasteiger partial charge in [0.05, 0.1) is 18.5 Å². The lowest BCUT2D eigenvalue weighted by molar-refractivity contribution is -0.121. The highest BCUT2D eigenvalue weighted by atomic mass is 32.2. The van der Waals surface area contributed by atoms with E-state index in [1.54, 1.807) is 19.1 Å². The fourth-order valence-corrected chi connectivity index (χ4v) is 4.28. The van der Waals surface area contributed by atoms with Gasteiger partial charge in [0.2, 0.25) is 15.9 Å². The third-order valence-corrected chi connectivity index (χ3v) is 6.06. The number of nitrogens with one attached hydrogen (secondary N) is 1. The van der Waals surface area contributed by atoms with E-state index in [4.69, 9.17) is 4.74 Å². The molecule has 6 nitrogen and oxygen atoms in total. The number of carbonyl (C=O) groups excluding carboxylic acids is 1. The SMILES string of the molecule is Cc1ccc(OCCNC(=O)[C@@H](C)N(c2ccc(C)c(C)c2)S(C)(=O)=O)c(C)c1. The predicted molar refractivity (Wildman–Crippen MR) is 117 cm³/mol. The van der Waals surface area contributed by atoms with Crippen molar-refractivity contribution < 1.29 is 17.9 Å². The molecule has 158 valence electrons. The number of hydrogen-bond donors (Lipinski definition) is 1. The van der Waals surface area contributed by atoms with E-state index in [0.717, 1.165) is 38.6 Å². The molecule has 7 heteroatoms. The molecule has 0 fully saturated rings. The van der Waals surface area contributed by atoms with E-state index in [-0.39, 0.29) is 12.5 Å². The molecule has 0 radical (unpaired) electrons. The Labute approximate surface area is 173 Å². The van der Waals surface area contributed by atoms with Crippen LogP contribution in [0.5, 0.6) is 5.75 Å². The zero-order valence-electron chi connectivity index (χ0n) is 17.9. The first-order valence-electron chi connectivity index (χ1n) is 9.55. The summed E-state index contributed by atoms with van der Waals surface area (Å²) >= 11 is 0. The highest BCUT2D eigenvalue weighted by Gasteiger charge is 2.29. The molecule has 1 amide bonds. The van der Waals surface area contributed by atoms with Crippen molar-refractivity contribution in [1.82, 2.24) is 5.32 Å². The first-order valence-corrected chi connectivity index (χ1v) is 11.4. The van der Waals surface area contributed by atoms with Crippen molar-refractivity contribution in [3.63, 3.8) is 0 Å². The zero-order chi connectivity index (χ0) is 21.8. The molecular weight excluding hydrogens is 388 g/mol. The van der Waals surface area contributed by atoms with Gasteiger partial charge in [-0.15, -0.1) is 0 Å². The minimum absolute atomic E-state index is 0.279. The molecule has 0 heterocycles. The smallest absolute Gasteiger partial charge is 0.243 e. The minimum atomic E-state index is -3.63. The van der Waals surface area contributed by atoms with Gasteiger partial charge in [-0.25, -0.2) is 8.42 Å². The number of ether oxygens (including phenoxy) is 1. The number of amides is 1. The Balaban J connectivity index is 2.02. The van der Waals surface area contributed by atoms with Gasteiger partial charge in [-0.05, 0) is 69.5 Å². The Bertz CT molecular complexity index is 986. The zero-order valence-corrected chi connectivity index (χ0v) is 18.8. The molecule has 0 aliphatic rings. The molecule has 0 aliphatic heterocycles. The van der Waals surface area contributed by atoms with E-state index < -0.39 is 16.1 Å². The van der Waals surface area contributed by atoms with Crippen LogP contribution in [0.15, 0.2) is 36.4 Å². The van der Waals surface area contributed by atoms with Crippen LogP contribution in [0.4, 0.5) is 5.69 Å². The van der Waals surface area contributed by atoms with Crippen molar-refractivity contribution in [1.29, 1.82) is 0 Å². The molecule has 0 unspecified atom stereocenters. The summed E-state index contributed by atoms with van der Waals surface area (Å²) in [6.45, 7) is 10.0. The summed E-state index contributed by atoms with van der Waals surface area (Å²) in [7, 11) is -3.63. The summed E-state index contributed by atoms with van der Waals surface area (Å²) in [6.07, 6.45) is 1.11. The molecule has 0 bridgehead atoms. The molecule has 1 N–H and O–H groups in total. The van der Waals surface area contributed by atoms with Crippen LogP contribution in [-0.4, -0.2) is 39.8 Å². The number of benzene rings is 2. The molecule has 2 rings (SSSR count). The lowest BCUT2D eigenvalue weighted by Gasteiger charge is -2.28. The average Bonchev–Trinajstić information content (AvgIpc) is 2.62. The molecule has 1 atom stereocenters. The summed E-state index contributed by atoms with van der Waals surface area (Å²) in [5, 5.41) is 2.76. The monoisotopic (exact) mass is 418 g/mol. The van der Waals surface area contributed by atoms with Crippen molar-refractivity contribution in [2.45, 2.75) is 40.7 Å². The van der Waals surface area contributed by atoms with Gasteiger partial charge < -0.3 is 10.1 Å². The maximum atomic E-state index is 12.6. The van der Waals surface area contributed by atoms with Gasteiger partial charge in [-0.3, -0.25) is 9.10 Å². The summed E-state index contributed by atoms with van der Waals surface area (Å²) in [6, 6.07) is 10.4. The normalized spacial score (nSPS) is 12.3. The van der Waals surface area contributed by atoms with Crippen LogP contribution in [0.2, 0.25) is 0 Å². The minimum Gasteiger partial charge on any atom is -0.491 e. The van der Waals surface area contributed by atoms with Crippen LogP contribution >= 0.6 is 0 Å². The number of carbonyl (C=O) groups is 1. The molecule has 2 aromatic carbocycles. The number of anilines is 1. The first kappa shape index (κ1) is 22.7. The number of hydrogen-bond acceptors (Lipinski definition) is 4. The van der Waals surface area contributed by atoms with Crippen LogP contribution in [0.25, 0.3) is 0 Å². The molecule has 0 spiro atoms. The maximum absolute atomic E-state index is 12.6. The van der Waals surface area contributed by atoms with Crippen LogP contribution in [0, 0.1) is 27.7 Å². The quantitative estimate of drug-likeness (QED) is 0.668. The second-order valence-corrected chi connectivity index (χ2v) is 9.27. The van der Waals surface area contributed by atoms with E-state index in [0.29, 0.717) is 12.3 Å². The van der Waals surface area contributed by atoms with Crippen molar-refractivity contribution in [2.75, 3.05) is 23.7 Å². The van der Waals surface area contributed by atoms with Crippen LogP contribution in [0.1, 0.15) is 29.2 Å². The lowest BCUT2D eigenvalue weighted by atomic mass is 10.1. The van der Waals surface area contributed by atoms with Crippen LogP contribution in [0.3, 0.4) is 0 Å². The van der Waals surface area contributed by atoms with E-state index >= 15 is 0 Å². The Morgan fingerprint density at radius 2 is 1.72 bits per heavy atom. The fraction of sp³-hybridized carbons (Fsp3) is 0.409. The van der Waals surface area contributed by atoms with Crippen LogP contribution < -0.4 is 14.4 Å².